The summed E-state index contributed by atoms with van der Waals surface area (Å²) in [6.07, 6.45) is 4.89. The second kappa shape index (κ2) is 7.13. The van der Waals surface area contributed by atoms with Crippen LogP contribution in [-0.4, -0.2) is 30.3 Å². The van der Waals surface area contributed by atoms with E-state index in [4.69, 9.17) is 9.47 Å². The van der Waals surface area contributed by atoms with Crippen LogP contribution < -0.4 is 14.8 Å². The second-order valence-electron chi connectivity index (χ2n) is 4.96. The van der Waals surface area contributed by atoms with Crippen LogP contribution in [0.1, 0.15) is 30.6 Å². The number of hydrogen-bond acceptors (Lipinski definition) is 4. The van der Waals surface area contributed by atoms with Gasteiger partial charge in [0.15, 0.2) is 0 Å². The van der Waals surface area contributed by atoms with Gasteiger partial charge in [-0.2, -0.15) is 0 Å². The number of nitrogens with one attached hydrogen (secondary N) is 1. The molecule has 1 atom stereocenters. The Morgan fingerprint density at radius 3 is 2.67 bits per heavy atom. The van der Waals surface area contributed by atoms with Crippen LogP contribution in [0, 0.1) is 0 Å². The third-order valence-electron chi connectivity index (χ3n) is 3.37. The Kier molecular flexibility index (Phi) is 5.22. The van der Waals surface area contributed by atoms with Gasteiger partial charge in [0.25, 0.3) is 0 Å². The first kappa shape index (κ1) is 15.4. The van der Waals surface area contributed by atoms with Gasteiger partial charge in [-0.15, -0.1) is 0 Å². The fraction of sp³-hybridized carbons (Fsp3) is 0.438. The Morgan fingerprint density at radius 2 is 2.10 bits per heavy atom. The molecule has 1 heterocycles. The molecule has 1 N–H and O–H groups in total. The molecule has 1 aromatic carbocycles. The number of imidazole rings is 1. The largest absolute Gasteiger partial charge is 0.497 e. The van der Waals surface area contributed by atoms with Crippen molar-refractivity contribution in [1.29, 1.82) is 0 Å². The average molecular weight is 289 g/mol. The first-order chi connectivity index (χ1) is 10.2. The van der Waals surface area contributed by atoms with Gasteiger partial charge in [0.2, 0.25) is 0 Å². The van der Waals surface area contributed by atoms with Gasteiger partial charge in [-0.1, -0.05) is 6.92 Å². The van der Waals surface area contributed by atoms with Crippen LogP contribution in [0.15, 0.2) is 30.7 Å². The summed E-state index contributed by atoms with van der Waals surface area (Å²) in [6, 6.07) is 5.88. The molecule has 1 unspecified atom stereocenters. The molecule has 21 heavy (non-hydrogen) atoms. The Bertz CT molecular complexity index is 581. The monoisotopic (exact) mass is 289 g/mol. The van der Waals surface area contributed by atoms with Crippen molar-refractivity contribution >= 4 is 0 Å². The van der Waals surface area contributed by atoms with E-state index in [0.29, 0.717) is 0 Å². The van der Waals surface area contributed by atoms with E-state index in [-0.39, 0.29) is 6.04 Å². The number of hydrogen-bond donors (Lipinski definition) is 1. The summed E-state index contributed by atoms with van der Waals surface area (Å²) in [5, 5.41) is 3.53. The highest BCUT2D eigenvalue weighted by Gasteiger charge is 2.20. The standard InChI is InChI=1S/C16H23N3O2/c1-5-8-17-16(14-10-19(2)11-18-14)13-7-6-12(20-3)9-15(13)21-4/h6-7,9-11,16-17H,5,8H2,1-4H3. The number of nitrogens with zero attached hydrogens (tertiary/aromatic N) is 2. The van der Waals surface area contributed by atoms with Crippen molar-refractivity contribution in [3.63, 3.8) is 0 Å². The molecular weight excluding hydrogens is 266 g/mol. The van der Waals surface area contributed by atoms with Gasteiger partial charge in [0.1, 0.15) is 11.5 Å². The molecule has 0 bridgehead atoms. The predicted octanol–water partition coefficient (Wildman–Crippen LogP) is 2.53. The van der Waals surface area contributed by atoms with Crippen LogP contribution in [-0.2, 0) is 7.05 Å². The van der Waals surface area contributed by atoms with Gasteiger partial charge in [-0.3, -0.25) is 0 Å². The molecular formula is C16H23N3O2. The topological polar surface area (TPSA) is 48.3 Å². The van der Waals surface area contributed by atoms with Crippen molar-refractivity contribution in [3.8, 4) is 11.5 Å². The lowest BCUT2D eigenvalue weighted by atomic mass is 10.0. The number of aromatic nitrogens is 2. The summed E-state index contributed by atoms with van der Waals surface area (Å²) < 4.78 is 12.7. The van der Waals surface area contributed by atoms with Crippen molar-refractivity contribution in [1.82, 2.24) is 14.9 Å². The summed E-state index contributed by atoms with van der Waals surface area (Å²) in [5.74, 6) is 1.58. The smallest absolute Gasteiger partial charge is 0.127 e. The lowest BCUT2D eigenvalue weighted by Crippen LogP contribution is -2.24. The SMILES string of the molecule is CCCNC(c1cn(C)cn1)c1ccc(OC)cc1OC. The summed E-state index contributed by atoms with van der Waals surface area (Å²) in [5.41, 5.74) is 2.04. The Hall–Kier alpha value is -2.01. The van der Waals surface area contributed by atoms with E-state index in [1.54, 1.807) is 14.2 Å². The minimum atomic E-state index is 0.00649. The number of ether oxygens (including phenoxy) is 2. The molecule has 0 amide bonds. The zero-order valence-electron chi connectivity index (χ0n) is 13.1. The first-order valence-corrected chi connectivity index (χ1v) is 7.12. The summed E-state index contributed by atoms with van der Waals surface area (Å²) in [7, 11) is 5.30. The first-order valence-electron chi connectivity index (χ1n) is 7.12. The summed E-state index contributed by atoms with van der Waals surface area (Å²) >= 11 is 0. The van der Waals surface area contributed by atoms with Crippen LogP contribution in [0.4, 0.5) is 0 Å². The van der Waals surface area contributed by atoms with E-state index in [1.807, 2.05) is 42.3 Å². The Morgan fingerprint density at radius 1 is 1.29 bits per heavy atom. The van der Waals surface area contributed by atoms with Crippen LogP contribution in [0.25, 0.3) is 0 Å². The molecule has 0 saturated heterocycles. The van der Waals surface area contributed by atoms with Crippen molar-refractivity contribution in [2.45, 2.75) is 19.4 Å². The maximum absolute atomic E-state index is 5.52. The fourth-order valence-electron chi connectivity index (χ4n) is 2.30. The number of methoxy groups -OCH3 is 2. The molecule has 0 aliphatic heterocycles. The molecule has 0 aliphatic rings. The lowest BCUT2D eigenvalue weighted by molar-refractivity contribution is 0.387. The third-order valence-corrected chi connectivity index (χ3v) is 3.37. The van der Waals surface area contributed by atoms with Crippen molar-refractivity contribution in [2.75, 3.05) is 20.8 Å². The van der Waals surface area contributed by atoms with Gasteiger partial charge in [-0.05, 0) is 25.1 Å². The molecule has 1 aromatic heterocycles. The normalized spacial score (nSPS) is 12.2. The number of benzene rings is 1. The lowest BCUT2D eigenvalue weighted by Gasteiger charge is -2.20. The van der Waals surface area contributed by atoms with Gasteiger partial charge < -0.3 is 19.4 Å². The Balaban J connectivity index is 2.40. The van der Waals surface area contributed by atoms with E-state index in [1.165, 1.54) is 0 Å². The summed E-state index contributed by atoms with van der Waals surface area (Å²) in [6.45, 7) is 3.06. The van der Waals surface area contributed by atoms with Gasteiger partial charge in [-0.25, -0.2) is 4.98 Å². The molecule has 2 aromatic rings. The molecule has 0 aliphatic carbocycles. The number of rotatable bonds is 7. The van der Waals surface area contributed by atoms with E-state index in [9.17, 15) is 0 Å². The molecule has 5 nitrogen and oxygen atoms in total. The molecule has 0 spiro atoms. The van der Waals surface area contributed by atoms with Gasteiger partial charge in [0, 0.05) is 24.9 Å². The molecule has 2 rings (SSSR count). The highest BCUT2D eigenvalue weighted by Crippen LogP contribution is 2.32. The van der Waals surface area contributed by atoms with Crippen LogP contribution in [0.3, 0.4) is 0 Å². The maximum Gasteiger partial charge on any atom is 0.127 e. The van der Waals surface area contributed by atoms with Gasteiger partial charge >= 0.3 is 0 Å². The average Bonchev–Trinajstić information content (AvgIpc) is 2.94. The molecule has 5 heteroatoms. The van der Waals surface area contributed by atoms with E-state index >= 15 is 0 Å². The third kappa shape index (κ3) is 3.55. The van der Waals surface area contributed by atoms with E-state index in [0.717, 1.165) is 35.7 Å². The molecule has 114 valence electrons. The van der Waals surface area contributed by atoms with Crippen molar-refractivity contribution in [3.05, 3.63) is 42.0 Å². The fourth-order valence-corrected chi connectivity index (χ4v) is 2.30. The zero-order chi connectivity index (χ0) is 15.2. The van der Waals surface area contributed by atoms with Gasteiger partial charge in [0.05, 0.1) is 32.3 Å². The minimum absolute atomic E-state index is 0.00649. The molecule has 0 saturated carbocycles. The Labute approximate surface area is 125 Å². The van der Waals surface area contributed by atoms with E-state index < -0.39 is 0 Å². The van der Waals surface area contributed by atoms with Crippen LogP contribution >= 0.6 is 0 Å². The predicted molar refractivity (Wildman–Crippen MR) is 82.9 cm³/mol. The van der Waals surface area contributed by atoms with Crippen molar-refractivity contribution in [2.24, 2.45) is 7.05 Å². The molecule has 0 radical (unpaired) electrons. The maximum atomic E-state index is 5.52. The summed E-state index contributed by atoms with van der Waals surface area (Å²) in [4.78, 5) is 4.48. The quantitative estimate of drug-likeness (QED) is 0.851. The van der Waals surface area contributed by atoms with Crippen LogP contribution in [0.2, 0.25) is 0 Å². The van der Waals surface area contributed by atoms with Crippen LogP contribution in [0.5, 0.6) is 11.5 Å². The van der Waals surface area contributed by atoms with E-state index in [2.05, 4.69) is 17.2 Å². The highest BCUT2D eigenvalue weighted by atomic mass is 16.5. The zero-order valence-corrected chi connectivity index (χ0v) is 13.1. The number of aryl methyl sites for hydroxylation is 1. The minimum Gasteiger partial charge on any atom is -0.497 e. The molecule has 0 fully saturated rings. The van der Waals surface area contributed by atoms with Crippen molar-refractivity contribution < 1.29 is 9.47 Å². The second-order valence-corrected chi connectivity index (χ2v) is 4.96. The highest BCUT2D eigenvalue weighted by molar-refractivity contribution is 5.45.